The maximum absolute atomic E-state index is 12.9. The summed E-state index contributed by atoms with van der Waals surface area (Å²) in [4.78, 5) is 0. The second kappa shape index (κ2) is 6.65. The Bertz CT molecular complexity index is 574. The molecule has 0 amide bonds. The fourth-order valence-electron chi connectivity index (χ4n) is 3.89. The Morgan fingerprint density at radius 3 is 2.71 bits per heavy atom. The van der Waals surface area contributed by atoms with Crippen LogP contribution >= 0.6 is 0 Å². The van der Waals surface area contributed by atoms with Crippen LogP contribution in [0.25, 0.3) is 0 Å². The molecule has 1 heterocycles. The van der Waals surface area contributed by atoms with Crippen LogP contribution in [0.2, 0.25) is 0 Å². The molecule has 0 radical (unpaired) electrons. The first-order valence-electron chi connectivity index (χ1n) is 8.52. The molecule has 0 aromatic heterocycles. The van der Waals surface area contributed by atoms with Crippen molar-refractivity contribution < 1.29 is 23.0 Å². The summed E-state index contributed by atoms with van der Waals surface area (Å²) in [5.41, 5.74) is -1.81. The standard InChI is InChI=1S/C18H24F3NO2/c1-17(23,12-4-2-5-13(10-12)18(19,20)21)11-22-15-6-3-7-16-14(15)8-9-24-16/h2,4-5,10,14-16,22-23H,3,6-9,11H2,1H3. The molecule has 0 bridgehead atoms. The van der Waals surface area contributed by atoms with Crippen molar-refractivity contribution in [2.45, 2.75) is 56.5 Å². The van der Waals surface area contributed by atoms with Gasteiger partial charge in [-0.1, -0.05) is 12.1 Å². The van der Waals surface area contributed by atoms with Crippen molar-refractivity contribution in [1.82, 2.24) is 5.32 Å². The number of rotatable bonds is 4. The lowest BCUT2D eigenvalue weighted by molar-refractivity contribution is -0.137. The highest BCUT2D eigenvalue weighted by atomic mass is 19.4. The summed E-state index contributed by atoms with van der Waals surface area (Å²) in [6.07, 6.45) is 0.0566. The molecule has 4 unspecified atom stereocenters. The van der Waals surface area contributed by atoms with E-state index in [0.717, 1.165) is 44.4 Å². The minimum Gasteiger partial charge on any atom is -0.384 e. The molecule has 1 saturated carbocycles. The molecule has 2 aliphatic rings. The Hall–Kier alpha value is -1.11. The zero-order chi connectivity index (χ0) is 17.4. The molecule has 1 aliphatic heterocycles. The average molecular weight is 343 g/mol. The summed E-state index contributed by atoms with van der Waals surface area (Å²) >= 11 is 0. The minimum atomic E-state index is -4.41. The molecule has 24 heavy (non-hydrogen) atoms. The first-order chi connectivity index (χ1) is 11.3. The number of hydrogen-bond acceptors (Lipinski definition) is 3. The van der Waals surface area contributed by atoms with E-state index >= 15 is 0 Å². The summed E-state index contributed by atoms with van der Waals surface area (Å²) in [6.45, 7) is 2.56. The monoisotopic (exact) mass is 343 g/mol. The van der Waals surface area contributed by atoms with E-state index in [1.54, 1.807) is 13.0 Å². The van der Waals surface area contributed by atoms with Crippen molar-refractivity contribution in [1.29, 1.82) is 0 Å². The molecule has 6 heteroatoms. The second-order valence-corrected chi connectivity index (χ2v) is 7.13. The Balaban J connectivity index is 1.67. The fourth-order valence-corrected chi connectivity index (χ4v) is 3.89. The fraction of sp³-hybridized carbons (Fsp3) is 0.667. The molecular formula is C18H24F3NO2. The number of aliphatic hydroxyl groups is 1. The van der Waals surface area contributed by atoms with E-state index in [4.69, 9.17) is 4.74 Å². The summed E-state index contributed by atoms with van der Waals surface area (Å²) in [5, 5.41) is 14.1. The first-order valence-corrected chi connectivity index (χ1v) is 8.52. The highest BCUT2D eigenvalue weighted by molar-refractivity contribution is 5.29. The van der Waals surface area contributed by atoms with Gasteiger partial charge in [0.05, 0.1) is 17.3 Å². The molecule has 0 spiro atoms. The third-order valence-electron chi connectivity index (χ3n) is 5.30. The van der Waals surface area contributed by atoms with Gasteiger partial charge >= 0.3 is 6.18 Å². The van der Waals surface area contributed by atoms with E-state index in [2.05, 4.69) is 5.32 Å². The first kappa shape index (κ1) is 17.7. The number of halogens is 3. The van der Waals surface area contributed by atoms with Crippen LogP contribution in [0.4, 0.5) is 13.2 Å². The van der Waals surface area contributed by atoms with E-state index in [0.29, 0.717) is 5.92 Å². The molecule has 1 aromatic carbocycles. The van der Waals surface area contributed by atoms with Crippen molar-refractivity contribution >= 4 is 0 Å². The molecule has 4 atom stereocenters. The van der Waals surface area contributed by atoms with Gasteiger partial charge in [0.2, 0.25) is 0 Å². The summed E-state index contributed by atoms with van der Waals surface area (Å²) in [5.74, 6) is 0.441. The van der Waals surface area contributed by atoms with Crippen molar-refractivity contribution in [3.05, 3.63) is 35.4 Å². The van der Waals surface area contributed by atoms with E-state index < -0.39 is 17.3 Å². The Morgan fingerprint density at radius 1 is 1.21 bits per heavy atom. The number of alkyl halides is 3. The molecule has 1 aromatic rings. The van der Waals surface area contributed by atoms with Crippen molar-refractivity contribution in [3.63, 3.8) is 0 Å². The van der Waals surface area contributed by atoms with E-state index in [1.807, 2.05) is 0 Å². The molecule has 3 nitrogen and oxygen atoms in total. The average Bonchev–Trinajstić information content (AvgIpc) is 3.01. The Labute approximate surface area is 140 Å². The van der Waals surface area contributed by atoms with Crippen LogP contribution in [0.3, 0.4) is 0 Å². The zero-order valence-corrected chi connectivity index (χ0v) is 13.8. The van der Waals surface area contributed by atoms with Crippen molar-refractivity contribution in [3.8, 4) is 0 Å². The molecule has 1 aliphatic carbocycles. The SMILES string of the molecule is CC(O)(CNC1CCCC2OCCC12)c1cccc(C(F)(F)F)c1. The topological polar surface area (TPSA) is 41.5 Å². The highest BCUT2D eigenvalue weighted by Gasteiger charge is 2.38. The molecule has 2 fully saturated rings. The van der Waals surface area contributed by atoms with Gasteiger partial charge in [-0.05, 0) is 50.3 Å². The largest absolute Gasteiger partial charge is 0.416 e. The number of benzene rings is 1. The van der Waals surface area contributed by atoms with Gasteiger partial charge in [0.25, 0.3) is 0 Å². The van der Waals surface area contributed by atoms with Crippen molar-refractivity contribution in [2.24, 2.45) is 5.92 Å². The van der Waals surface area contributed by atoms with Gasteiger partial charge in [-0.3, -0.25) is 0 Å². The summed E-state index contributed by atoms with van der Waals surface area (Å²) < 4.78 is 44.3. The minimum absolute atomic E-state index is 0.224. The zero-order valence-electron chi connectivity index (χ0n) is 13.8. The van der Waals surface area contributed by atoms with Crippen LogP contribution in [0.1, 0.15) is 43.7 Å². The second-order valence-electron chi connectivity index (χ2n) is 7.13. The van der Waals surface area contributed by atoms with E-state index in [9.17, 15) is 18.3 Å². The van der Waals surface area contributed by atoms with Crippen LogP contribution in [-0.4, -0.2) is 30.4 Å². The van der Waals surface area contributed by atoms with Crippen LogP contribution in [0.15, 0.2) is 24.3 Å². The Kier molecular flexibility index (Phi) is 4.91. The predicted octanol–water partition coefficient (Wildman–Crippen LogP) is 3.46. The molecule has 3 rings (SSSR count). The van der Waals surface area contributed by atoms with Crippen LogP contribution in [0, 0.1) is 5.92 Å². The predicted molar refractivity (Wildman–Crippen MR) is 84.5 cm³/mol. The normalized spacial score (nSPS) is 30.0. The number of hydrogen-bond donors (Lipinski definition) is 2. The maximum Gasteiger partial charge on any atom is 0.416 e. The molecule has 2 N–H and O–H groups in total. The van der Waals surface area contributed by atoms with Crippen molar-refractivity contribution in [2.75, 3.05) is 13.2 Å². The molecule has 1 saturated heterocycles. The van der Waals surface area contributed by atoms with Crippen LogP contribution in [-0.2, 0) is 16.5 Å². The third-order valence-corrected chi connectivity index (χ3v) is 5.30. The number of ether oxygens (including phenoxy) is 1. The van der Waals surface area contributed by atoms with Gasteiger partial charge in [0.1, 0.15) is 0 Å². The lowest BCUT2D eigenvalue weighted by atomic mass is 9.81. The van der Waals surface area contributed by atoms with Gasteiger partial charge in [0, 0.05) is 25.1 Å². The highest BCUT2D eigenvalue weighted by Crippen LogP contribution is 2.35. The lowest BCUT2D eigenvalue weighted by Crippen LogP contribution is -2.47. The Morgan fingerprint density at radius 2 is 1.96 bits per heavy atom. The van der Waals surface area contributed by atoms with Gasteiger partial charge in [-0.2, -0.15) is 13.2 Å². The third kappa shape index (κ3) is 3.76. The lowest BCUT2D eigenvalue weighted by Gasteiger charge is -2.36. The summed E-state index contributed by atoms with van der Waals surface area (Å²) in [7, 11) is 0. The van der Waals surface area contributed by atoms with Gasteiger partial charge in [-0.15, -0.1) is 0 Å². The van der Waals surface area contributed by atoms with Gasteiger partial charge < -0.3 is 15.2 Å². The number of nitrogens with one attached hydrogen (secondary N) is 1. The van der Waals surface area contributed by atoms with Crippen LogP contribution < -0.4 is 5.32 Å². The van der Waals surface area contributed by atoms with Gasteiger partial charge in [0.15, 0.2) is 0 Å². The van der Waals surface area contributed by atoms with Crippen LogP contribution in [0.5, 0.6) is 0 Å². The maximum atomic E-state index is 12.9. The smallest absolute Gasteiger partial charge is 0.384 e. The summed E-state index contributed by atoms with van der Waals surface area (Å²) in [6, 6.07) is 5.19. The quantitative estimate of drug-likeness (QED) is 0.880. The number of fused-ring (bicyclic) bond motifs is 1. The molecular weight excluding hydrogens is 319 g/mol. The van der Waals surface area contributed by atoms with Gasteiger partial charge in [-0.25, -0.2) is 0 Å². The molecule has 134 valence electrons. The van der Waals surface area contributed by atoms with E-state index in [1.165, 1.54) is 6.07 Å². The van der Waals surface area contributed by atoms with E-state index in [-0.39, 0.29) is 24.3 Å².